The molecule has 5 aromatic rings. The van der Waals surface area contributed by atoms with Gasteiger partial charge in [-0.3, -0.25) is 9.55 Å². The maximum atomic E-state index is 6.44. The molecule has 166 valence electrons. The Morgan fingerprint density at radius 2 is 1.82 bits per heavy atom. The summed E-state index contributed by atoms with van der Waals surface area (Å²) in [6.07, 6.45) is 3.48. The highest BCUT2D eigenvalue weighted by molar-refractivity contribution is 7.98. The molecule has 0 unspecified atom stereocenters. The topological polar surface area (TPSA) is 95.4 Å². The number of anilines is 1. The fourth-order valence-corrected chi connectivity index (χ4v) is 5.65. The summed E-state index contributed by atoms with van der Waals surface area (Å²) in [5, 5.41) is 11.3. The van der Waals surface area contributed by atoms with Crippen molar-refractivity contribution in [3.63, 3.8) is 0 Å². The van der Waals surface area contributed by atoms with Crippen molar-refractivity contribution in [3.05, 3.63) is 69.6 Å². The average Bonchev–Trinajstić information content (AvgIpc) is 3.35. The molecule has 0 spiro atoms. The third-order valence-corrected chi connectivity index (χ3v) is 7.92. The number of hydrogen-bond donors (Lipinski definition) is 1. The number of thiophene rings is 1. The van der Waals surface area contributed by atoms with Gasteiger partial charge in [-0.1, -0.05) is 29.4 Å². The van der Waals surface area contributed by atoms with Gasteiger partial charge in [0.2, 0.25) is 0 Å². The summed E-state index contributed by atoms with van der Waals surface area (Å²) in [4.78, 5) is 15.5. The first-order chi connectivity index (χ1) is 15.9. The van der Waals surface area contributed by atoms with E-state index >= 15 is 0 Å². The van der Waals surface area contributed by atoms with Gasteiger partial charge in [0.1, 0.15) is 16.5 Å². The molecule has 0 amide bonds. The van der Waals surface area contributed by atoms with Crippen LogP contribution in [-0.2, 0) is 5.75 Å². The molecule has 2 N–H and O–H groups in total. The quantitative estimate of drug-likeness (QED) is 0.309. The molecule has 0 atom stereocenters. The van der Waals surface area contributed by atoms with E-state index in [4.69, 9.17) is 22.3 Å². The third kappa shape index (κ3) is 3.96. The second-order valence-electron chi connectivity index (χ2n) is 7.54. The minimum Gasteiger partial charge on any atom is -0.383 e. The lowest BCUT2D eigenvalue weighted by molar-refractivity contribution is 0.878. The molecule has 0 aliphatic rings. The second-order valence-corrected chi connectivity index (χ2v) is 10.1. The van der Waals surface area contributed by atoms with E-state index in [-0.39, 0.29) is 0 Å². The smallest absolute Gasteiger partial charge is 0.196 e. The van der Waals surface area contributed by atoms with Gasteiger partial charge in [0, 0.05) is 27.9 Å². The number of nitrogens with two attached hydrogens (primary N) is 1. The van der Waals surface area contributed by atoms with Gasteiger partial charge in [-0.2, -0.15) is 0 Å². The zero-order chi connectivity index (χ0) is 23.1. The predicted molar refractivity (Wildman–Crippen MR) is 135 cm³/mol. The van der Waals surface area contributed by atoms with Crippen LogP contribution in [0.1, 0.15) is 21.8 Å². The summed E-state index contributed by atoms with van der Waals surface area (Å²) in [6.45, 7) is 6.12. The van der Waals surface area contributed by atoms with Crippen molar-refractivity contribution < 1.29 is 0 Å². The highest BCUT2D eigenvalue weighted by Gasteiger charge is 2.20. The lowest BCUT2D eigenvalue weighted by Crippen LogP contribution is -2.03. The maximum absolute atomic E-state index is 6.44. The van der Waals surface area contributed by atoms with Crippen molar-refractivity contribution in [3.8, 4) is 17.1 Å². The van der Waals surface area contributed by atoms with E-state index in [1.807, 2.05) is 41.8 Å². The number of benzene rings is 1. The van der Waals surface area contributed by atoms with E-state index in [1.54, 1.807) is 23.7 Å². The molecule has 0 saturated heterocycles. The molecule has 10 heteroatoms. The first-order valence-electron chi connectivity index (χ1n) is 10.2. The molecule has 4 heterocycles. The van der Waals surface area contributed by atoms with Crippen molar-refractivity contribution in [2.45, 2.75) is 31.7 Å². The summed E-state index contributed by atoms with van der Waals surface area (Å²) in [5.74, 6) is 2.39. The monoisotopic (exact) mass is 493 g/mol. The molecule has 5 rings (SSSR count). The summed E-state index contributed by atoms with van der Waals surface area (Å²) >= 11 is 9.59. The normalized spacial score (nSPS) is 11.4. The van der Waals surface area contributed by atoms with E-state index in [9.17, 15) is 0 Å². The summed E-state index contributed by atoms with van der Waals surface area (Å²) in [5.41, 5.74) is 10.2. The number of aryl methyl sites for hydroxylation is 2. The molecule has 0 fully saturated rings. The Morgan fingerprint density at radius 1 is 1.03 bits per heavy atom. The molecule has 0 bridgehead atoms. The first kappa shape index (κ1) is 21.8. The lowest BCUT2D eigenvalue weighted by Gasteiger charge is -2.13. The predicted octanol–water partition coefficient (Wildman–Crippen LogP) is 5.79. The van der Waals surface area contributed by atoms with E-state index in [2.05, 4.69) is 34.0 Å². The van der Waals surface area contributed by atoms with Crippen LogP contribution in [0.15, 0.2) is 47.9 Å². The van der Waals surface area contributed by atoms with Gasteiger partial charge in [0.25, 0.3) is 0 Å². The summed E-state index contributed by atoms with van der Waals surface area (Å²) < 4.78 is 2.02. The van der Waals surface area contributed by atoms with Crippen LogP contribution in [0.3, 0.4) is 0 Å². The molecule has 33 heavy (non-hydrogen) atoms. The van der Waals surface area contributed by atoms with Crippen LogP contribution >= 0.6 is 34.7 Å². The SMILES string of the molecule is Cc1sc2nc(CSc3nnc(-c4ccncc4)n3-c3cccc(Cl)c3C)nc(N)c2c1C. The molecule has 0 saturated carbocycles. The zero-order valence-corrected chi connectivity index (χ0v) is 20.6. The summed E-state index contributed by atoms with van der Waals surface area (Å²) in [7, 11) is 0. The molecular formula is C23H20ClN7S2. The zero-order valence-electron chi connectivity index (χ0n) is 18.2. The van der Waals surface area contributed by atoms with Crippen LogP contribution < -0.4 is 5.73 Å². The number of halogens is 1. The number of nitrogens with zero attached hydrogens (tertiary/aromatic N) is 6. The highest BCUT2D eigenvalue weighted by atomic mass is 35.5. The van der Waals surface area contributed by atoms with Gasteiger partial charge in [-0.25, -0.2) is 9.97 Å². The average molecular weight is 494 g/mol. The van der Waals surface area contributed by atoms with Gasteiger partial charge >= 0.3 is 0 Å². The van der Waals surface area contributed by atoms with Crippen LogP contribution in [0.2, 0.25) is 5.02 Å². The second kappa shape index (κ2) is 8.74. The number of rotatable bonds is 5. The van der Waals surface area contributed by atoms with E-state index < -0.39 is 0 Å². The number of thioether (sulfide) groups is 1. The van der Waals surface area contributed by atoms with Crippen LogP contribution in [-0.4, -0.2) is 29.7 Å². The fraction of sp³-hybridized carbons (Fsp3) is 0.174. The van der Waals surface area contributed by atoms with Crippen molar-refractivity contribution in [1.82, 2.24) is 29.7 Å². The number of pyridine rings is 1. The largest absolute Gasteiger partial charge is 0.383 e. The van der Waals surface area contributed by atoms with E-state index in [0.29, 0.717) is 33.4 Å². The van der Waals surface area contributed by atoms with Crippen LogP contribution in [0.4, 0.5) is 5.82 Å². The van der Waals surface area contributed by atoms with Crippen molar-refractivity contribution in [1.29, 1.82) is 0 Å². The molecule has 0 aliphatic heterocycles. The van der Waals surface area contributed by atoms with Crippen molar-refractivity contribution >= 4 is 50.7 Å². The van der Waals surface area contributed by atoms with Gasteiger partial charge in [0.15, 0.2) is 11.0 Å². The minimum absolute atomic E-state index is 0.504. The van der Waals surface area contributed by atoms with Gasteiger partial charge < -0.3 is 5.73 Å². The Hall–Kier alpha value is -3.01. The Morgan fingerprint density at radius 3 is 2.61 bits per heavy atom. The molecule has 0 radical (unpaired) electrons. The Bertz CT molecular complexity index is 1480. The fourth-order valence-electron chi connectivity index (χ4n) is 3.63. The Labute approximate surface area is 204 Å². The minimum atomic E-state index is 0.504. The molecule has 1 aromatic carbocycles. The molecule has 4 aromatic heterocycles. The van der Waals surface area contributed by atoms with Gasteiger partial charge in [-0.15, -0.1) is 21.5 Å². The van der Waals surface area contributed by atoms with Crippen molar-refractivity contribution in [2.24, 2.45) is 0 Å². The number of nitrogen functional groups attached to an aromatic ring is 1. The molecule has 7 nitrogen and oxygen atoms in total. The molecule has 0 aliphatic carbocycles. The highest BCUT2D eigenvalue weighted by Crippen LogP contribution is 2.35. The van der Waals surface area contributed by atoms with Crippen LogP contribution in [0.5, 0.6) is 0 Å². The Kier molecular flexibility index (Phi) is 5.77. The van der Waals surface area contributed by atoms with E-state index in [1.165, 1.54) is 16.6 Å². The first-order valence-corrected chi connectivity index (χ1v) is 12.4. The maximum Gasteiger partial charge on any atom is 0.196 e. The standard InChI is InChI=1S/C23H20ClN7S2/c1-12-14(3)33-22-19(12)20(25)27-18(28-22)11-32-23-30-29-21(15-7-9-26-10-8-15)31(23)17-6-4-5-16(24)13(17)2/h4-10H,11H2,1-3H3,(H2,25,27,28). The Balaban J connectivity index is 1.56. The van der Waals surface area contributed by atoms with Crippen LogP contribution in [0, 0.1) is 20.8 Å². The number of aromatic nitrogens is 6. The van der Waals surface area contributed by atoms with Crippen molar-refractivity contribution in [2.75, 3.05) is 5.73 Å². The summed E-state index contributed by atoms with van der Waals surface area (Å²) in [6, 6.07) is 9.63. The third-order valence-electron chi connectivity index (χ3n) is 5.49. The number of hydrogen-bond acceptors (Lipinski definition) is 8. The number of fused-ring (bicyclic) bond motifs is 1. The van der Waals surface area contributed by atoms with Crippen LogP contribution in [0.25, 0.3) is 27.3 Å². The van der Waals surface area contributed by atoms with E-state index in [0.717, 1.165) is 32.6 Å². The lowest BCUT2D eigenvalue weighted by atomic mass is 10.2. The van der Waals surface area contributed by atoms with Gasteiger partial charge in [0.05, 0.1) is 16.8 Å². The molecular weight excluding hydrogens is 474 g/mol. The van der Waals surface area contributed by atoms with Gasteiger partial charge in [-0.05, 0) is 56.2 Å².